The number of hydrogen-bond donors (Lipinski definition) is 0. The first kappa shape index (κ1) is 19.3. The SMILES string of the molecule is COC(=O)c1cc(Br)cnc1N(C)C(=O)Cc1c(F)ccc(F)c1Cl. The fraction of sp³-hybridized carbons (Fsp3) is 0.188. The minimum atomic E-state index is -0.828. The van der Waals surface area contributed by atoms with Gasteiger partial charge in [-0.1, -0.05) is 11.6 Å². The van der Waals surface area contributed by atoms with E-state index in [4.69, 9.17) is 11.6 Å². The maximum Gasteiger partial charge on any atom is 0.341 e. The molecule has 0 spiro atoms. The minimum Gasteiger partial charge on any atom is -0.465 e. The zero-order valence-electron chi connectivity index (χ0n) is 13.1. The molecule has 132 valence electrons. The van der Waals surface area contributed by atoms with Crippen LogP contribution in [0.2, 0.25) is 5.02 Å². The summed E-state index contributed by atoms with van der Waals surface area (Å²) in [6.07, 6.45) is 0.887. The lowest BCUT2D eigenvalue weighted by Crippen LogP contribution is -2.31. The highest BCUT2D eigenvalue weighted by Gasteiger charge is 2.23. The fourth-order valence-electron chi connectivity index (χ4n) is 2.08. The van der Waals surface area contributed by atoms with E-state index in [0.29, 0.717) is 4.47 Å². The molecule has 0 bridgehead atoms. The Morgan fingerprint density at radius 1 is 1.32 bits per heavy atom. The van der Waals surface area contributed by atoms with E-state index < -0.39 is 35.0 Å². The van der Waals surface area contributed by atoms with Crippen LogP contribution in [0.4, 0.5) is 14.6 Å². The van der Waals surface area contributed by atoms with E-state index in [-0.39, 0.29) is 16.9 Å². The lowest BCUT2D eigenvalue weighted by Gasteiger charge is -2.19. The van der Waals surface area contributed by atoms with Crippen molar-refractivity contribution in [1.29, 1.82) is 0 Å². The van der Waals surface area contributed by atoms with Gasteiger partial charge >= 0.3 is 5.97 Å². The van der Waals surface area contributed by atoms with Crippen LogP contribution >= 0.6 is 27.5 Å². The first-order valence-corrected chi connectivity index (χ1v) is 8.06. The molecule has 0 radical (unpaired) electrons. The van der Waals surface area contributed by atoms with E-state index in [2.05, 4.69) is 25.7 Å². The van der Waals surface area contributed by atoms with Crippen LogP contribution in [0.15, 0.2) is 28.9 Å². The molecular formula is C16H12BrClF2N2O3. The van der Waals surface area contributed by atoms with Crippen molar-refractivity contribution in [3.05, 3.63) is 56.7 Å². The second-order valence-electron chi connectivity index (χ2n) is 4.97. The number of amides is 1. The lowest BCUT2D eigenvalue weighted by molar-refractivity contribution is -0.117. The molecule has 1 aromatic carbocycles. The van der Waals surface area contributed by atoms with Gasteiger partial charge in [-0.2, -0.15) is 0 Å². The number of carbonyl (C=O) groups excluding carboxylic acids is 2. The number of likely N-dealkylation sites (N-methyl/N-ethyl adjacent to an activating group) is 1. The normalized spacial score (nSPS) is 10.5. The average Bonchev–Trinajstić information content (AvgIpc) is 2.60. The molecule has 2 rings (SSSR count). The Morgan fingerprint density at radius 3 is 2.60 bits per heavy atom. The first-order chi connectivity index (χ1) is 11.8. The summed E-state index contributed by atoms with van der Waals surface area (Å²) in [5.74, 6) is -2.94. The average molecular weight is 434 g/mol. The molecule has 5 nitrogen and oxygen atoms in total. The number of methoxy groups -OCH3 is 1. The molecule has 25 heavy (non-hydrogen) atoms. The van der Waals surface area contributed by atoms with E-state index in [1.807, 2.05) is 0 Å². The molecule has 0 aliphatic carbocycles. The fourth-order valence-corrected chi connectivity index (χ4v) is 2.63. The Balaban J connectivity index is 2.36. The van der Waals surface area contributed by atoms with Gasteiger partial charge in [0.2, 0.25) is 5.91 Å². The van der Waals surface area contributed by atoms with Crippen molar-refractivity contribution in [1.82, 2.24) is 4.98 Å². The van der Waals surface area contributed by atoms with E-state index in [1.165, 1.54) is 26.4 Å². The van der Waals surface area contributed by atoms with Gasteiger partial charge in [0, 0.05) is 23.3 Å². The van der Waals surface area contributed by atoms with Crippen LogP contribution in [0, 0.1) is 11.6 Å². The van der Waals surface area contributed by atoms with Crippen LogP contribution in [0.25, 0.3) is 0 Å². The highest BCUT2D eigenvalue weighted by Crippen LogP contribution is 2.26. The summed E-state index contributed by atoms with van der Waals surface area (Å²) in [6, 6.07) is 3.20. The van der Waals surface area contributed by atoms with Gasteiger partial charge in [-0.15, -0.1) is 0 Å². The molecule has 0 saturated carbocycles. The number of halogens is 4. The molecule has 0 N–H and O–H groups in total. The zero-order valence-corrected chi connectivity index (χ0v) is 15.5. The maximum atomic E-state index is 13.9. The highest BCUT2D eigenvalue weighted by molar-refractivity contribution is 9.10. The summed E-state index contributed by atoms with van der Waals surface area (Å²) in [5, 5.41) is -0.460. The largest absolute Gasteiger partial charge is 0.465 e. The van der Waals surface area contributed by atoms with Crippen LogP contribution in [0.3, 0.4) is 0 Å². The number of hydrogen-bond acceptors (Lipinski definition) is 4. The molecular weight excluding hydrogens is 422 g/mol. The van der Waals surface area contributed by atoms with Gasteiger partial charge < -0.3 is 4.74 Å². The van der Waals surface area contributed by atoms with Gasteiger partial charge in [-0.25, -0.2) is 18.6 Å². The van der Waals surface area contributed by atoms with Crippen molar-refractivity contribution >= 4 is 45.2 Å². The number of benzene rings is 1. The quantitative estimate of drug-likeness (QED) is 0.544. The molecule has 0 saturated heterocycles. The van der Waals surface area contributed by atoms with Crippen molar-refractivity contribution in [3.63, 3.8) is 0 Å². The molecule has 2 aromatic rings. The van der Waals surface area contributed by atoms with Gasteiger partial charge in [0.05, 0.1) is 18.6 Å². The van der Waals surface area contributed by atoms with E-state index in [0.717, 1.165) is 17.0 Å². The summed E-state index contributed by atoms with van der Waals surface area (Å²) in [4.78, 5) is 29.4. The summed E-state index contributed by atoms with van der Waals surface area (Å²) in [7, 11) is 2.55. The molecule has 1 aromatic heterocycles. The number of rotatable bonds is 4. The monoisotopic (exact) mass is 432 g/mol. The molecule has 1 heterocycles. The van der Waals surface area contributed by atoms with Crippen molar-refractivity contribution in [2.75, 3.05) is 19.1 Å². The second-order valence-corrected chi connectivity index (χ2v) is 6.26. The van der Waals surface area contributed by atoms with E-state index in [9.17, 15) is 18.4 Å². The topological polar surface area (TPSA) is 59.5 Å². The van der Waals surface area contributed by atoms with Crippen LogP contribution in [-0.4, -0.2) is 31.0 Å². The molecule has 0 fully saturated rings. The molecule has 9 heteroatoms. The Labute approximate surface area is 155 Å². The Hall–Kier alpha value is -2.06. The van der Waals surface area contributed by atoms with Gasteiger partial charge in [-0.05, 0) is 34.1 Å². The number of nitrogens with zero attached hydrogens (tertiary/aromatic N) is 2. The van der Waals surface area contributed by atoms with Crippen molar-refractivity contribution in [3.8, 4) is 0 Å². The minimum absolute atomic E-state index is 0.0213. The first-order valence-electron chi connectivity index (χ1n) is 6.89. The lowest BCUT2D eigenvalue weighted by atomic mass is 10.1. The van der Waals surface area contributed by atoms with Gasteiger partial charge in [-0.3, -0.25) is 9.69 Å². The Kier molecular flexibility index (Phi) is 6.07. The van der Waals surface area contributed by atoms with Crippen molar-refractivity contribution in [2.45, 2.75) is 6.42 Å². The number of aromatic nitrogens is 1. The molecule has 0 aliphatic rings. The number of esters is 1. The Morgan fingerprint density at radius 2 is 1.96 bits per heavy atom. The summed E-state index contributed by atoms with van der Waals surface area (Å²) in [5.41, 5.74) is -0.228. The predicted octanol–water partition coefficient (Wildman–Crippen LogP) is 3.77. The third kappa shape index (κ3) is 4.13. The third-order valence-electron chi connectivity index (χ3n) is 3.40. The van der Waals surface area contributed by atoms with Crippen molar-refractivity contribution in [2.24, 2.45) is 0 Å². The number of pyridine rings is 1. The zero-order chi connectivity index (χ0) is 18.7. The molecule has 0 unspecified atom stereocenters. The summed E-state index contributed by atoms with van der Waals surface area (Å²) >= 11 is 8.91. The predicted molar refractivity (Wildman–Crippen MR) is 91.8 cm³/mol. The number of ether oxygens (including phenoxy) is 1. The highest BCUT2D eigenvalue weighted by atomic mass is 79.9. The molecule has 0 atom stereocenters. The molecule has 0 aliphatic heterocycles. The van der Waals surface area contributed by atoms with Gasteiger partial charge in [0.1, 0.15) is 23.0 Å². The maximum absolute atomic E-state index is 13.9. The van der Waals surface area contributed by atoms with Crippen LogP contribution in [0.5, 0.6) is 0 Å². The van der Waals surface area contributed by atoms with E-state index >= 15 is 0 Å². The van der Waals surface area contributed by atoms with Gasteiger partial charge in [0.25, 0.3) is 0 Å². The van der Waals surface area contributed by atoms with Crippen LogP contribution in [-0.2, 0) is 16.0 Å². The summed E-state index contributed by atoms with van der Waals surface area (Å²) in [6.45, 7) is 0. The van der Waals surface area contributed by atoms with Gasteiger partial charge in [0.15, 0.2) is 0 Å². The van der Waals surface area contributed by atoms with Crippen LogP contribution < -0.4 is 4.90 Å². The Bertz CT molecular complexity index is 848. The summed E-state index contributed by atoms with van der Waals surface area (Å²) < 4.78 is 32.5. The smallest absolute Gasteiger partial charge is 0.341 e. The second kappa shape index (κ2) is 7.88. The standard InChI is InChI=1S/C16H12BrClF2N2O3/c1-22(15-10(16(24)25-2)5-8(17)7-21-15)13(23)6-9-11(19)3-4-12(20)14(9)18/h3-5,7H,6H2,1-2H3. The van der Waals surface area contributed by atoms with Crippen molar-refractivity contribution < 1.29 is 23.1 Å². The van der Waals surface area contributed by atoms with Crippen LogP contribution in [0.1, 0.15) is 15.9 Å². The number of anilines is 1. The van der Waals surface area contributed by atoms with E-state index in [1.54, 1.807) is 0 Å². The molecule has 1 amide bonds. The third-order valence-corrected chi connectivity index (χ3v) is 4.24. The number of carbonyl (C=O) groups is 2.